The van der Waals surface area contributed by atoms with E-state index in [0.717, 1.165) is 12.8 Å². The molecule has 1 atom stereocenters. The first-order valence-corrected chi connectivity index (χ1v) is 10.0. The number of benzene rings is 1. The Hall–Kier alpha value is -2.55. The number of ether oxygens (including phenoxy) is 2. The van der Waals surface area contributed by atoms with Crippen LogP contribution in [0.2, 0.25) is 0 Å². The third-order valence-corrected chi connectivity index (χ3v) is 4.42. The van der Waals surface area contributed by atoms with Gasteiger partial charge in [0.05, 0.1) is 13.2 Å². The van der Waals surface area contributed by atoms with Gasteiger partial charge in [0.25, 0.3) is 0 Å². The molecule has 1 aromatic rings. The largest absolute Gasteiger partial charge is 0.491 e. The van der Waals surface area contributed by atoms with Crippen molar-refractivity contribution in [1.82, 2.24) is 15.5 Å². The molecule has 0 aromatic heterocycles. The van der Waals surface area contributed by atoms with Crippen molar-refractivity contribution in [2.45, 2.75) is 38.8 Å². The highest BCUT2D eigenvalue weighted by atomic mass is 19.1. The first-order valence-electron chi connectivity index (χ1n) is 10.0. The Bertz CT molecular complexity index is 648. The predicted octanol–water partition coefficient (Wildman–Crippen LogP) is 1.74. The Balaban J connectivity index is 1.77. The van der Waals surface area contributed by atoms with Crippen molar-refractivity contribution >= 4 is 12.1 Å². The smallest absolute Gasteiger partial charge is 0.409 e. The van der Waals surface area contributed by atoms with Crippen LogP contribution in [-0.4, -0.2) is 73.6 Å². The van der Waals surface area contributed by atoms with Crippen LogP contribution in [0.4, 0.5) is 9.18 Å². The minimum Gasteiger partial charge on any atom is -0.491 e. The number of aliphatic hydroxyl groups is 1. The SMILES string of the molecule is CCNC(=NCC(O)COc1ccc(F)cc1)NC1CCN(C(=O)OCC)CC1. The minimum absolute atomic E-state index is 0.0620. The first-order chi connectivity index (χ1) is 14.0. The van der Waals surface area contributed by atoms with Crippen LogP contribution in [-0.2, 0) is 4.74 Å². The van der Waals surface area contributed by atoms with E-state index in [0.29, 0.717) is 38.0 Å². The van der Waals surface area contributed by atoms with Crippen molar-refractivity contribution in [2.24, 2.45) is 4.99 Å². The number of nitrogens with zero attached hydrogens (tertiary/aromatic N) is 2. The molecule has 29 heavy (non-hydrogen) atoms. The van der Waals surface area contributed by atoms with Gasteiger partial charge in [-0.15, -0.1) is 0 Å². The molecule has 162 valence electrons. The maximum atomic E-state index is 12.9. The standard InChI is InChI=1S/C20H31FN4O4/c1-3-22-19(24-16-9-11-25(12-10-16)20(27)28-4-2)23-13-17(26)14-29-18-7-5-15(21)6-8-18/h5-8,16-17,26H,3-4,9-14H2,1-2H3,(H2,22,23,24). The number of guanidine groups is 1. The summed E-state index contributed by atoms with van der Waals surface area (Å²) in [4.78, 5) is 17.9. The fourth-order valence-electron chi connectivity index (χ4n) is 2.91. The second-order valence-corrected chi connectivity index (χ2v) is 6.74. The van der Waals surface area contributed by atoms with Crippen LogP contribution in [0.5, 0.6) is 5.75 Å². The van der Waals surface area contributed by atoms with E-state index in [1.165, 1.54) is 24.3 Å². The summed E-state index contributed by atoms with van der Waals surface area (Å²) in [6.45, 7) is 6.31. The van der Waals surface area contributed by atoms with E-state index >= 15 is 0 Å². The van der Waals surface area contributed by atoms with Crippen LogP contribution in [0.25, 0.3) is 0 Å². The maximum Gasteiger partial charge on any atom is 0.409 e. The number of rotatable bonds is 8. The van der Waals surface area contributed by atoms with E-state index < -0.39 is 6.10 Å². The topological polar surface area (TPSA) is 95.4 Å². The highest BCUT2D eigenvalue weighted by Gasteiger charge is 2.24. The van der Waals surface area contributed by atoms with E-state index in [1.807, 2.05) is 6.92 Å². The Morgan fingerprint density at radius 3 is 2.62 bits per heavy atom. The number of amides is 1. The summed E-state index contributed by atoms with van der Waals surface area (Å²) in [6, 6.07) is 5.82. The Morgan fingerprint density at radius 1 is 1.31 bits per heavy atom. The molecule has 1 aliphatic heterocycles. The van der Waals surface area contributed by atoms with Crippen LogP contribution in [0, 0.1) is 5.82 Å². The van der Waals surface area contributed by atoms with E-state index in [9.17, 15) is 14.3 Å². The average molecular weight is 410 g/mol. The number of hydrogen-bond acceptors (Lipinski definition) is 5. The average Bonchev–Trinajstić information content (AvgIpc) is 2.72. The Morgan fingerprint density at radius 2 is 2.00 bits per heavy atom. The molecule has 0 radical (unpaired) electrons. The summed E-state index contributed by atoms with van der Waals surface area (Å²) >= 11 is 0. The number of aliphatic hydroxyl groups excluding tert-OH is 1. The number of aliphatic imine (C=N–C) groups is 1. The Kier molecular flexibility index (Phi) is 9.49. The zero-order valence-corrected chi connectivity index (χ0v) is 17.1. The summed E-state index contributed by atoms with van der Waals surface area (Å²) < 4.78 is 23.4. The number of halogens is 1. The highest BCUT2D eigenvalue weighted by Crippen LogP contribution is 2.12. The van der Waals surface area contributed by atoms with Gasteiger partial charge in [0, 0.05) is 25.7 Å². The minimum atomic E-state index is -0.791. The van der Waals surface area contributed by atoms with Crippen molar-refractivity contribution in [3.05, 3.63) is 30.1 Å². The van der Waals surface area contributed by atoms with Gasteiger partial charge >= 0.3 is 6.09 Å². The molecule has 1 amide bonds. The van der Waals surface area contributed by atoms with Crippen LogP contribution in [0.3, 0.4) is 0 Å². The second-order valence-electron chi connectivity index (χ2n) is 6.74. The number of nitrogens with one attached hydrogen (secondary N) is 2. The third kappa shape index (κ3) is 8.15. The molecule has 3 N–H and O–H groups in total. The molecule has 1 aliphatic rings. The normalized spacial score (nSPS) is 16.3. The monoisotopic (exact) mass is 410 g/mol. The molecule has 1 fully saturated rings. The molecule has 9 heteroatoms. The summed E-state index contributed by atoms with van der Waals surface area (Å²) in [7, 11) is 0. The summed E-state index contributed by atoms with van der Waals surface area (Å²) in [6.07, 6.45) is 0.524. The number of carbonyl (C=O) groups excluding carboxylic acids is 1. The van der Waals surface area contributed by atoms with Crippen molar-refractivity contribution in [3.63, 3.8) is 0 Å². The first kappa shape index (κ1) is 22.7. The van der Waals surface area contributed by atoms with Gasteiger partial charge in [-0.05, 0) is 51.0 Å². The molecule has 0 aliphatic carbocycles. The molecule has 1 heterocycles. The Labute approximate surface area is 171 Å². The molecule has 0 spiro atoms. The van der Waals surface area contributed by atoms with E-state index in [1.54, 1.807) is 11.8 Å². The van der Waals surface area contributed by atoms with Crippen molar-refractivity contribution < 1.29 is 23.8 Å². The van der Waals surface area contributed by atoms with Gasteiger partial charge in [-0.1, -0.05) is 0 Å². The fourth-order valence-corrected chi connectivity index (χ4v) is 2.91. The van der Waals surface area contributed by atoms with Crippen molar-refractivity contribution in [2.75, 3.05) is 39.4 Å². The number of hydrogen-bond donors (Lipinski definition) is 3. The van der Waals surface area contributed by atoms with Crippen molar-refractivity contribution in [3.8, 4) is 5.75 Å². The summed E-state index contributed by atoms with van der Waals surface area (Å²) in [5.41, 5.74) is 0. The van der Waals surface area contributed by atoms with E-state index in [4.69, 9.17) is 9.47 Å². The second kappa shape index (κ2) is 12.1. The van der Waals surface area contributed by atoms with Gasteiger partial charge in [0.15, 0.2) is 5.96 Å². The molecule has 1 saturated heterocycles. The molecule has 0 saturated carbocycles. The maximum absolute atomic E-state index is 12.9. The predicted molar refractivity (Wildman–Crippen MR) is 109 cm³/mol. The lowest BCUT2D eigenvalue weighted by molar-refractivity contribution is 0.0962. The van der Waals surface area contributed by atoms with Crippen LogP contribution in [0.15, 0.2) is 29.3 Å². The van der Waals surface area contributed by atoms with Crippen molar-refractivity contribution in [1.29, 1.82) is 0 Å². The van der Waals surface area contributed by atoms with Crippen LogP contribution >= 0.6 is 0 Å². The third-order valence-electron chi connectivity index (χ3n) is 4.42. The van der Waals surface area contributed by atoms with E-state index in [-0.39, 0.29) is 31.1 Å². The molecule has 0 bridgehead atoms. The van der Waals surface area contributed by atoms with Gasteiger partial charge < -0.3 is 30.1 Å². The quantitative estimate of drug-likeness (QED) is 0.446. The molecule has 8 nitrogen and oxygen atoms in total. The lowest BCUT2D eigenvalue weighted by Gasteiger charge is -2.32. The van der Waals surface area contributed by atoms with Gasteiger partial charge in [-0.2, -0.15) is 0 Å². The van der Waals surface area contributed by atoms with Crippen LogP contribution < -0.4 is 15.4 Å². The number of piperidine rings is 1. The molecule has 2 rings (SSSR count). The lowest BCUT2D eigenvalue weighted by atomic mass is 10.1. The zero-order valence-electron chi connectivity index (χ0n) is 17.1. The van der Waals surface area contributed by atoms with Gasteiger partial charge in [-0.3, -0.25) is 4.99 Å². The molecule has 1 aromatic carbocycles. The molecular formula is C20H31FN4O4. The van der Waals surface area contributed by atoms with Gasteiger partial charge in [0.2, 0.25) is 0 Å². The molecular weight excluding hydrogens is 379 g/mol. The van der Waals surface area contributed by atoms with E-state index in [2.05, 4.69) is 15.6 Å². The summed E-state index contributed by atoms with van der Waals surface area (Å²) in [5, 5.41) is 16.6. The molecule has 1 unspecified atom stereocenters. The van der Waals surface area contributed by atoms with Crippen LogP contribution in [0.1, 0.15) is 26.7 Å². The highest BCUT2D eigenvalue weighted by molar-refractivity contribution is 5.80. The lowest BCUT2D eigenvalue weighted by Crippen LogP contribution is -2.50. The number of carbonyl (C=O) groups is 1. The zero-order chi connectivity index (χ0) is 21.1. The number of likely N-dealkylation sites (tertiary alicyclic amines) is 1. The summed E-state index contributed by atoms with van der Waals surface area (Å²) in [5.74, 6) is 0.771. The fraction of sp³-hybridized carbons (Fsp3) is 0.600. The van der Waals surface area contributed by atoms with Gasteiger partial charge in [-0.25, -0.2) is 9.18 Å². The van der Waals surface area contributed by atoms with Gasteiger partial charge in [0.1, 0.15) is 24.3 Å².